The molecule has 98 valence electrons. The summed E-state index contributed by atoms with van der Waals surface area (Å²) in [5.41, 5.74) is 0.845. The molecule has 18 heavy (non-hydrogen) atoms. The molecule has 0 heterocycles. The summed E-state index contributed by atoms with van der Waals surface area (Å²) in [6.45, 7) is -0.316. The molecule has 4 nitrogen and oxygen atoms in total. The first-order valence-electron chi connectivity index (χ1n) is 5.26. The molecule has 0 bridgehead atoms. The van der Waals surface area contributed by atoms with E-state index in [1.807, 2.05) is 18.2 Å². The Balaban J connectivity index is 2.65. The minimum atomic E-state index is -1.04. The van der Waals surface area contributed by atoms with E-state index in [2.05, 4.69) is 15.9 Å². The number of halogens is 2. The van der Waals surface area contributed by atoms with E-state index in [0.29, 0.717) is 11.4 Å². The van der Waals surface area contributed by atoms with Crippen LogP contribution in [0.5, 0.6) is 0 Å². The van der Waals surface area contributed by atoms with E-state index in [1.165, 1.54) is 11.9 Å². The van der Waals surface area contributed by atoms with Crippen molar-refractivity contribution < 1.29 is 14.7 Å². The molecule has 1 unspecified atom stereocenters. The third kappa shape index (κ3) is 4.31. The highest BCUT2D eigenvalue weighted by Gasteiger charge is 2.21. The van der Waals surface area contributed by atoms with Gasteiger partial charge < -0.3 is 10.0 Å². The molecule has 0 saturated carbocycles. The van der Waals surface area contributed by atoms with Crippen molar-refractivity contribution in [3.63, 3.8) is 0 Å². The summed E-state index contributed by atoms with van der Waals surface area (Å²) >= 11 is 9.26. The van der Waals surface area contributed by atoms with E-state index in [1.54, 1.807) is 6.07 Å². The maximum Gasteiger partial charge on any atom is 0.323 e. The topological polar surface area (TPSA) is 57.6 Å². The number of carboxylic acids is 1. The third-order valence-corrected chi connectivity index (χ3v) is 3.46. The number of rotatable bonds is 5. The predicted octanol–water partition coefficient (Wildman–Crippen LogP) is 2.19. The van der Waals surface area contributed by atoms with E-state index in [-0.39, 0.29) is 12.5 Å². The minimum absolute atomic E-state index is 0.280. The number of aliphatic carboxylic acids is 1. The van der Waals surface area contributed by atoms with Gasteiger partial charge in [-0.25, -0.2) is 0 Å². The number of benzene rings is 1. The molecule has 0 fully saturated rings. The van der Waals surface area contributed by atoms with Crippen LogP contribution in [0, 0.1) is 0 Å². The standard InChI is InChI=1S/C12H13BrClNO3/c1-15(7-11(16)17)12(18)9(13)6-8-4-2-3-5-10(8)14/h2-5,9H,6-7H2,1H3,(H,16,17). The molecular formula is C12H13BrClNO3. The number of hydrogen-bond donors (Lipinski definition) is 1. The van der Waals surface area contributed by atoms with Gasteiger partial charge >= 0.3 is 5.97 Å². The average Bonchev–Trinajstić information content (AvgIpc) is 2.30. The molecule has 0 aromatic heterocycles. The zero-order valence-electron chi connectivity index (χ0n) is 9.77. The second kappa shape index (κ2) is 6.75. The molecule has 1 amide bonds. The van der Waals surface area contributed by atoms with E-state index in [0.717, 1.165) is 5.56 Å². The molecule has 1 aromatic rings. The normalized spacial score (nSPS) is 11.9. The number of hydrogen-bond acceptors (Lipinski definition) is 2. The van der Waals surface area contributed by atoms with Crippen LogP contribution < -0.4 is 0 Å². The highest BCUT2D eigenvalue weighted by Crippen LogP contribution is 2.20. The van der Waals surface area contributed by atoms with Crippen molar-refractivity contribution in [2.75, 3.05) is 13.6 Å². The lowest BCUT2D eigenvalue weighted by atomic mass is 10.1. The molecule has 0 spiro atoms. The Hall–Kier alpha value is -1.07. The molecule has 0 aliphatic rings. The fraction of sp³-hybridized carbons (Fsp3) is 0.333. The lowest BCUT2D eigenvalue weighted by Crippen LogP contribution is -2.37. The first-order valence-corrected chi connectivity index (χ1v) is 6.55. The SMILES string of the molecule is CN(CC(=O)O)C(=O)C(Br)Cc1ccccc1Cl. The fourth-order valence-electron chi connectivity index (χ4n) is 1.46. The van der Waals surface area contributed by atoms with Crippen LogP contribution in [0.25, 0.3) is 0 Å². The van der Waals surface area contributed by atoms with Crippen LogP contribution >= 0.6 is 27.5 Å². The molecule has 1 atom stereocenters. The van der Waals surface area contributed by atoms with Gasteiger partial charge in [0.05, 0.1) is 4.83 Å². The van der Waals surface area contributed by atoms with E-state index in [4.69, 9.17) is 16.7 Å². The average molecular weight is 335 g/mol. The number of nitrogens with zero attached hydrogens (tertiary/aromatic N) is 1. The van der Waals surface area contributed by atoms with E-state index >= 15 is 0 Å². The molecule has 6 heteroatoms. The Kier molecular flexibility index (Phi) is 5.62. The molecule has 1 aromatic carbocycles. The van der Waals surface area contributed by atoms with Crippen molar-refractivity contribution in [3.05, 3.63) is 34.9 Å². The van der Waals surface area contributed by atoms with Gasteiger partial charge in [0, 0.05) is 12.1 Å². The van der Waals surface area contributed by atoms with Gasteiger partial charge in [0.15, 0.2) is 0 Å². The molecule has 0 aliphatic heterocycles. The van der Waals surface area contributed by atoms with Gasteiger partial charge in [0.2, 0.25) is 5.91 Å². The Morgan fingerprint density at radius 2 is 2.06 bits per heavy atom. The van der Waals surface area contributed by atoms with Crippen LogP contribution in [-0.2, 0) is 16.0 Å². The molecule has 0 radical (unpaired) electrons. The zero-order chi connectivity index (χ0) is 13.7. The number of likely N-dealkylation sites (N-methyl/N-ethyl adjacent to an activating group) is 1. The first-order chi connectivity index (χ1) is 8.41. The van der Waals surface area contributed by atoms with Gasteiger partial charge in [0.1, 0.15) is 6.54 Å². The summed E-state index contributed by atoms with van der Waals surface area (Å²) in [6, 6.07) is 7.24. The second-order valence-electron chi connectivity index (χ2n) is 3.85. The number of carbonyl (C=O) groups is 2. The molecule has 0 saturated heterocycles. The van der Waals surface area contributed by atoms with E-state index < -0.39 is 10.8 Å². The second-order valence-corrected chi connectivity index (χ2v) is 5.36. The first kappa shape index (κ1) is 15.0. The zero-order valence-corrected chi connectivity index (χ0v) is 12.1. The fourth-order valence-corrected chi connectivity index (χ4v) is 2.38. The highest BCUT2D eigenvalue weighted by molar-refractivity contribution is 9.10. The van der Waals surface area contributed by atoms with Crippen LogP contribution in [0.15, 0.2) is 24.3 Å². The van der Waals surface area contributed by atoms with Gasteiger partial charge in [-0.15, -0.1) is 0 Å². The third-order valence-electron chi connectivity index (χ3n) is 2.37. The van der Waals surface area contributed by atoms with Crippen molar-refractivity contribution in [1.29, 1.82) is 0 Å². The lowest BCUT2D eigenvalue weighted by Gasteiger charge is -2.18. The van der Waals surface area contributed by atoms with Crippen molar-refractivity contribution in [3.8, 4) is 0 Å². The van der Waals surface area contributed by atoms with Crippen LogP contribution in [0.2, 0.25) is 5.02 Å². The molecule has 0 aliphatic carbocycles. The molecule has 1 N–H and O–H groups in total. The maximum atomic E-state index is 11.9. The highest BCUT2D eigenvalue weighted by atomic mass is 79.9. The molecule has 1 rings (SSSR count). The van der Waals surface area contributed by atoms with Gasteiger partial charge in [-0.05, 0) is 18.1 Å². The summed E-state index contributed by atoms with van der Waals surface area (Å²) in [5.74, 6) is -1.32. The summed E-state index contributed by atoms with van der Waals surface area (Å²) in [7, 11) is 1.46. The Morgan fingerprint density at radius 1 is 1.44 bits per heavy atom. The summed E-state index contributed by atoms with van der Waals surface area (Å²) in [4.78, 5) is 23.1. The van der Waals surface area contributed by atoms with Gasteiger partial charge in [0.25, 0.3) is 0 Å². The Labute approximate surface area is 119 Å². The van der Waals surface area contributed by atoms with Gasteiger partial charge in [-0.3, -0.25) is 9.59 Å². The maximum absolute atomic E-state index is 11.9. The largest absolute Gasteiger partial charge is 0.480 e. The van der Waals surface area contributed by atoms with Gasteiger partial charge in [-0.2, -0.15) is 0 Å². The van der Waals surface area contributed by atoms with Crippen molar-refractivity contribution >= 4 is 39.4 Å². The number of amides is 1. The van der Waals surface area contributed by atoms with Crippen LogP contribution in [-0.4, -0.2) is 40.3 Å². The summed E-state index contributed by atoms with van der Waals surface area (Å²) < 4.78 is 0. The smallest absolute Gasteiger partial charge is 0.323 e. The van der Waals surface area contributed by atoms with Gasteiger partial charge in [-0.1, -0.05) is 45.7 Å². The monoisotopic (exact) mass is 333 g/mol. The number of carbonyl (C=O) groups excluding carboxylic acids is 1. The summed E-state index contributed by atoms with van der Waals surface area (Å²) in [5, 5.41) is 9.21. The minimum Gasteiger partial charge on any atom is -0.480 e. The van der Waals surface area contributed by atoms with Crippen molar-refractivity contribution in [1.82, 2.24) is 4.90 Å². The molecular weight excluding hydrogens is 321 g/mol. The van der Waals surface area contributed by atoms with Crippen LogP contribution in [0.4, 0.5) is 0 Å². The van der Waals surface area contributed by atoms with Crippen LogP contribution in [0.1, 0.15) is 5.56 Å². The Bertz CT molecular complexity index is 453. The predicted molar refractivity (Wildman–Crippen MR) is 73.1 cm³/mol. The number of carboxylic acid groups (broad SMARTS) is 1. The quantitative estimate of drug-likeness (QED) is 0.840. The van der Waals surface area contributed by atoms with E-state index in [9.17, 15) is 9.59 Å². The lowest BCUT2D eigenvalue weighted by molar-refractivity contribution is -0.143. The number of alkyl halides is 1. The van der Waals surface area contributed by atoms with Crippen molar-refractivity contribution in [2.24, 2.45) is 0 Å². The van der Waals surface area contributed by atoms with Crippen LogP contribution in [0.3, 0.4) is 0 Å². The van der Waals surface area contributed by atoms with Crippen molar-refractivity contribution in [2.45, 2.75) is 11.2 Å². The Morgan fingerprint density at radius 3 is 2.61 bits per heavy atom. The summed E-state index contributed by atoms with van der Waals surface area (Å²) in [6.07, 6.45) is 0.419.